The van der Waals surface area contributed by atoms with Gasteiger partial charge in [-0.2, -0.15) is 5.01 Å². The molecule has 14 heteroatoms. The van der Waals surface area contributed by atoms with Crippen LogP contribution in [-0.4, -0.2) is 74.6 Å². The van der Waals surface area contributed by atoms with Gasteiger partial charge in [0.05, 0.1) is 35.5 Å². The van der Waals surface area contributed by atoms with E-state index in [0.29, 0.717) is 42.8 Å². The molecular weight excluding hydrogens is 506 g/mol. The van der Waals surface area contributed by atoms with Crippen molar-refractivity contribution in [3.05, 3.63) is 59.0 Å². The second kappa shape index (κ2) is 10.3. The monoisotopic (exact) mass is 528 g/mol. The molecule has 0 bridgehead atoms. The summed E-state index contributed by atoms with van der Waals surface area (Å²) in [6, 6.07) is 4.00. The van der Waals surface area contributed by atoms with E-state index in [2.05, 4.69) is 19.9 Å². The van der Waals surface area contributed by atoms with Crippen molar-refractivity contribution in [2.45, 2.75) is 6.54 Å². The van der Waals surface area contributed by atoms with E-state index in [1.807, 2.05) is 4.90 Å². The van der Waals surface area contributed by atoms with E-state index in [1.54, 1.807) is 13.1 Å². The zero-order chi connectivity index (χ0) is 26.1. The minimum atomic E-state index is -0.893. The lowest BCUT2D eigenvalue weighted by Gasteiger charge is -2.28. The van der Waals surface area contributed by atoms with Crippen LogP contribution in [0.25, 0.3) is 21.6 Å². The highest BCUT2D eigenvalue weighted by molar-refractivity contribution is 7.19. The lowest BCUT2D eigenvalue weighted by molar-refractivity contribution is -0.195. The summed E-state index contributed by atoms with van der Waals surface area (Å²) >= 11 is 1.39. The summed E-state index contributed by atoms with van der Waals surface area (Å²) in [5.41, 5.74) is 5.70. The third-order valence-electron chi connectivity index (χ3n) is 5.75. The van der Waals surface area contributed by atoms with Crippen LogP contribution in [0.4, 0.5) is 20.3 Å². The van der Waals surface area contributed by atoms with Crippen LogP contribution in [0.3, 0.4) is 0 Å². The summed E-state index contributed by atoms with van der Waals surface area (Å²) in [6.07, 6.45) is 3.90. The normalized spacial score (nSPS) is 13.9. The first kappa shape index (κ1) is 24.8. The van der Waals surface area contributed by atoms with Gasteiger partial charge in [-0.1, -0.05) is 0 Å². The molecule has 4 aromatic rings. The van der Waals surface area contributed by atoms with E-state index in [9.17, 15) is 18.8 Å². The van der Waals surface area contributed by atoms with Crippen molar-refractivity contribution < 1.29 is 23.5 Å². The van der Waals surface area contributed by atoms with Gasteiger partial charge < -0.3 is 15.4 Å². The smallest absolute Gasteiger partial charge is 0.295 e. The summed E-state index contributed by atoms with van der Waals surface area (Å²) in [4.78, 5) is 32.1. The first-order valence-electron chi connectivity index (χ1n) is 11.2. The number of ether oxygens (including phenoxy) is 1. The molecule has 11 nitrogen and oxygen atoms in total. The maximum atomic E-state index is 14.2. The number of nitrogen functional groups attached to an aromatic ring is 1. The minimum absolute atomic E-state index is 0.126. The molecule has 0 unspecified atom stereocenters. The maximum absolute atomic E-state index is 14.2. The van der Waals surface area contributed by atoms with E-state index >= 15 is 0 Å². The third kappa shape index (κ3) is 5.04. The van der Waals surface area contributed by atoms with Crippen LogP contribution in [-0.2, 0) is 11.3 Å². The van der Waals surface area contributed by atoms with Crippen LogP contribution in [0.1, 0.15) is 15.2 Å². The van der Waals surface area contributed by atoms with Gasteiger partial charge in [0.25, 0.3) is 5.91 Å². The largest absolute Gasteiger partial charge is 0.394 e. The number of hydroxylamine groups is 1. The second-order valence-corrected chi connectivity index (χ2v) is 9.43. The number of carbonyl (C=O) groups is 1. The van der Waals surface area contributed by atoms with Gasteiger partial charge in [-0.3, -0.25) is 10.0 Å². The molecule has 1 aliphatic heterocycles. The number of thiophene rings is 1. The topological polar surface area (TPSA) is 134 Å². The molecule has 5 rings (SSSR count). The fraction of sp³-hybridized carbons (Fsp3) is 0.261. The molecule has 0 atom stereocenters. The van der Waals surface area contributed by atoms with Gasteiger partial charge in [-0.05, 0) is 18.2 Å². The Morgan fingerprint density at radius 3 is 2.51 bits per heavy atom. The Morgan fingerprint density at radius 1 is 1.16 bits per heavy atom. The molecule has 192 valence electrons. The van der Waals surface area contributed by atoms with Crippen molar-refractivity contribution in [3.8, 4) is 11.4 Å². The van der Waals surface area contributed by atoms with Gasteiger partial charge >= 0.3 is 0 Å². The number of rotatable bonds is 6. The van der Waals surface area contributed by atoms with Crippen molar-refractivity contribution in [2.24, 2.45) is 0 Å². The van der Waals surface area contributed by atoms with Crippen LogP contribution in [0.2, 0.25) is 0 Å². The van der Waals surface area contributed by atoms with Gasteiger partial charge in [0.1, 0.15) is 23.6 Å². The lowest BCUT2D eigenvalue weighted by atomic mass is 10.1. The van der Waals surface area contributed by atoms with Gasteiger partial charge in [0.15, 0.2) is 11.6 Å². The minimum Gasteiger partial charge on any atom is -0.394 e. The van der Waals surface area contributed by atoms with E-state index in [1.165, 1.54) is 35.1 Å². The number of nitrogens with two attached hydrogens (primary N) is 1. The standard InChI is InChI=1S/C23H22F2N8O3S/c1-31(33(35)23(34)14-9-27-12-28-10-14)11-15-8-18-20(37-15)22(32-2-4-36-5-3-32)30-21(29-18)13-6-16(24)19(26)17(25)7-13/h6-10,12,35H,2-5,11,26H2,1H3. The maximum Gasteiger partial charge on any atom is 0.295 e. The van der Waals surface area contributed by atoms with Gasteiger partial charge in [0.2, 0.25) is 0 Å². The average Bonchev–Trinajstić information content (AvgIpc) is 3.33. The zero-order valence-electron chi connectivity index (χ0n) is 19.6. The average molecular weight is 529 g/mol. The molecule has 0 saturated carbocycles. The molecule has 37 heavy (non-hydrogen) atoms. The predicted molar refractivity (Wildman–Crippen MR) is 132 cm³/mol. The van der Waals surface area contributed by atoms with Gasteiger partial charge in [-0.15, -0.1) is 16.5 Å². The summed E-state index contributed by atoms with van der Waals surface area (Å²) in [5, 5.41) is 12.2. The highest BCUT2D eigenvalue weighted by atomic mass is 32.1. The molecule has 3 N–H and O–H groups in total. The van der Waals surface area contributed by atoms with Gasteiger partial charge in [0, 0.05) is 43.0 Å². The SMILES string of the molecule is CN(Cc1cc2nc(-c3cc(F)c(N)c(F)c3)nc(N3CCOCC3)c2s1)N(O)C(=O)c1cncnc1. The van der Waals surface area contributed by atoms with Crippen LogP contribution in [0.5, 0.6) is 0 Å². The van der Waals surface area contributed by atoms with E-state index in [0.717, 1.165) is 21.7 Å². The first-order chi connectivity index (χ1) is 17.8. The highest BCUT2D eigenvalue weighted by Gasteiger charge is 2.23. The molecule has 1 saturated heterocycles. The van der Waals surface area contributed by atoms with E-state index in [4.69, 9.17) is 10.5 Å². The Kier molecular flexibility index (Phi) is 6.88. The van der Waals surface area contributed by atoms with Crippen LogP contribution in [0, 0.1) is 11.6 Å². The highest BCUT2D eigenvalue weighted by Crippen LogP contribution is 2.35. The van der Waals surface area contributed by atoms with Gasteiger partial charge in [-0.25, -0.2) is 28.7 Å². The number of carbonyl (C=O) groups excluding carboxylic acids is 1. The summed E-state index contributed by atoms with van der Waals surface area (Å²) < 4.78 is 34.6. The summed E-state index contributed by atoms with van der Waals surface area (Å²) in [5.74, 6) is -1.72. The first-order valence-corrected chi connectivity index (χ1v) is 12.0. The molecule has 1 amide bonds. The molecule has 1 aliphatic rings. The van der Waals surface area contributed by atoms with Crippen molar-refractivity contribution in [3.63, 3.8) is 0 Å². The predicted octanol–water partition coefficient (Wildman–Crippen LogP) is 2.72. The summed E-state index contributed by atoms with van der Waals surface area (Å²) in [6.45, 7) is 2.36. The number of hydrogen-bond donors (Lipinski definition) is 2. The zero-order valence-corrected chi connectivity index (χ0v) is 20.5. The number of hydrogen-bond acceptors (Lipinski definition) is 11. The Balaban J connectivity index is 1.50. The molecule has 3 aromatic heterocycles. The van der Waals surface area contributed by atoms with Crippen molar-refractivity contribution in [2.75, 3.05) is 44.0 Å². The number of nitrogens with zero attached hydrogens (tertiary/aromatic N) is 7. The van der Waals surface area contributed by atoms with Crippen molar-refractivity contribution in [1.82, 2.24) is 30.1 Å². The fourth-order valence-corrected chi connectivity index (χ4v) is 5.01. The molecule has 0 spiro atoms. The lowest BCUT2D eigenvalue weighted by Crippen LogP contribution is -2.41. The molecule has 4 heterocycles. The summed E-state index contributed by atoms with van der Waals surface area (Å²) in [7, 11) is 1.55. The van der Waals surface area contributed by atoms with E-state index < -0.39 is 23.2 Å². The number of amides is 1. The Bertz CT molecular complexity index is 1430. The van der Waals surface area contributed by atoms with Crippen molar-refractivity contribution in [1.29, 1.82) is 0 Å². The van der Waals surface area contributed by atoms with Crippen LogP contribution < -0.4 is 10.6 Å². The molecule has 0 radical (unpaired) electrons. The number of aromatic nitrogens is 4. The molecule has 1 fully saturated rings. The Morgan fingerprint density at radius 2 is 1.84 bits per heavy atom. The third-order valence-corrected chi connectivity index (χ3v) is 6.85. The number of fused-ring (bicyclic) bond motifs is 1. The van der Waals surface area contributed by atoms with Crippen LogP contribution in [0.15, 0.2) is 36.9 Å². The number of anilines is 2. The second-order valence-electron chi connectivity index (χ2n) is 8.29. The quantitative estimate of drug-likeness (QED) is 0.219. The fourth-order valence-electron chi connectivity index (χ4n) is 3.85. The Hall–Kier alpha value is -3.85. The van der Waals surface area contributed by atoms with Crippen molar-refractivity contribution >= 4 is 39.0 Å². The number of halogens is 2. The Labute approximate surface area is 213 Å². The number of morpholine rings is 1. The molecular formula is C23H22F2N8O3S. The number of hydrazine groups is 1. The number of benzene rings is 1. The van der Waals surface area contributed by atoms with E-state index in [-0.39, 0.29) is 23.5 Å². The molecule has 0 aliphatic carbocycles. The van der Waals surface area contributed by atoms with Crippen LogP contribution >= 0.6 is 11.3 Å². The molecule has 1 aromatic carbocycles.